The van der Waals surface area contributed by atoms with Gasteiger partial charge in [-0.05, 0) is 13.5 Å². The van der Waals surface area contributed by atoms with Gasteiger partial charge in [-0.2, -0.15) is 0 Å². The van der Waals surface area contributed by atoms with Crippen molar-refractivity contribution in [1.82, 2.24) is 5.32 Å². The van der Waals surface area contributed by atoms with E-state index < -0.39 is 18.4 Å². The molecule has 1 aliphatic heterocycles. The van der Waals surface area contributed by atoms with E-state index in [0.717, 1.165) is 6.42 Å². The Bertz CT molecular complexity index is 145. The topological polar surface area (TPSA) is 61.7 Å². The molecule has 0 aromatic heterocycles. The summed E-state index contributed by atoms with van der Waals surface area (Å²) in [5.41, 5.74) is 0. The third-order valence-electron chi connectivity index (χ3n) is 2.79. The van der Waals surface area contributed by atoms with Crippen LogP contribution in [0.3, 0.4) is 0 Å². The predicted octanol–water partition coefficient (Wildman–Crippen LogP) is -0.301. The van der Waals surface area contributed by atoms with Crippen LogP contribution in [0.15, 0.2) is 0 Å². The average molecular weight is 189 g/mol. The van der Waals surface area contributed by atoms with Gasteiger partial charge in [0.1, 0.15) is 12.3 Å². The Morgan fingerprint density at radius 2 is 1.92 bits per heavy atom. The molecule has 0 amide bonds. The summed E-state index contributed by atoms with van der Waals surface area (Å²) in [6.07, 6.45) is -1.10. The van der Waals surface area contributed by atoms with Crippen molar-refractivity contribution >= 4 is 0 Å². The smallest absolute Gasteiger partial charge is 0.137 e. The van der Waals surface area contributed by atoms with Crippen molar-refractivity contribution in [3.63, 3.8) is 0 Å². The maximum atomic E-state index is 9.68. The van der Waals surface area contributed by atoms with Crippen LogP contribution < -0.4 is 5.32 Å². The molecule has 0 bridgehead atoms. The van der Waals surface area contributed by atoms with E-state index in [-0.39, 0.29) is 12.0 Å². The van der Waals surface area contributed by atoms with Crippen molar-refractivity contribution in [2.75, 3.05) is 7.05 Å². The maximum absolute atomic E-state index is 9.68. The molecule has 78 valence electrons. The second-order valence-electron chi connectivity index (χ2n) is 3.63. The Morgan fingerprint density at radius 3 is 2.38 bits per heavy atom. The van der Waals surface area contributed by atoms with Crippen LogP contribution in [-0.2, 0) is 4.74 Å². The average Bonchev–Trinajstić information content (AvgIpc) is 2.15. The van der Waals surface area contributed by atoms with Crippen LogP contribution in [0.1, 0.15) is 20.3 Å². The van der Waals surface area contributed by atoms with Crippen molar-refractivity contribution < 1.29 is 14.9 Å². The quantitative estimate of drug-likeness (QED) is 0.558. The lowest BCUT2D eigenvalue weighted by Gasteiger charge is -2.41. The van der Waals surface area contributed by atoms with Crippen molar-refractivity contribution in [2.24, 2.45) is 5.92 Å². The fraction of sp³-hybridized carbons (Fsp3) is 1.00. The number of ether oxygens (including phenoxy) is 1. The fourth-order valence-corrected chi connectivity index (χ4v) is 1.81. The summed E-state index contributed by atoms with van der Waals surface area (Å²) in [5.74, 6) is -0.00963. The molecule has 0 aliphatic carbocycles. The number of hydrogen-bond acceptors (Lipinski definition) is 4. The number of aliphatic hydroxyl groups excluding tert-OH is 2. The van der Waals surface area contributed by atoms with Gasteiger partial charge < -0.3 is 14.9 Å². The monoisotopic (exact) mass is 189 g/mol. The summed E-state index contributed by atoms with van der Waals surface area (Å²) in [6, 6.07) is 0. The zero-order valence-corrected chi connectivity index (χ0v) is 8.40. The number of likely N-dealkylation sites (N-methyl/N-ethyl adjacent to an activating group) is 1. The van der Waals surface area contributed by atoms with Crippen molar-refractivity contribution in [3.8, 4) is 0 Å². The Morgan fingerprint density at radius 1 is 1.31 bits per heavy atom. The van der Waals surface area contributed by atoms with Crippen LogP contribution in [0, 0.1) is 5.92 Å². The summed E-state index contributed by atoms with van der Waals surface area (Å²) in [7, 11) is 1.71. The molecular weight excluding hydrogens is 170 g/mol. The molecule has 13 heavy (non-hydrogen) atoms. The first-order chi connectivity index (χ1) is 6.11. The highest BCUT2D eigenvalue weighted by atomic mass is 16.5. The highest BCUT2D eigenvalue weighted by Gasteiger charge is 2.40. The number of nitrogens with one attached hydrogen (secondary N) is 1. The zero-order valence-electron chi connectivity index (χ0n) is 8.40. The minimum atomic E-state index is -0.831. The van der Waals surface area contributed by atoms with Crippen molar-refractivity contribution in [2.45, 2.75) is 44.8 Å². The van der Waals surface area contributed by atoms with E-state index in [0.29, 0.717) is 0 Å². The molecule has 1 aliphatic rings. The molecule has 0 aromatic carbocycles. The second kappa shape index (κ2) is 4.37. The zero-order chi connectivity index (χ0) is 10.0. The molecule has 1 fully saturated rings. The van der Waals surface area contributed by atoms with E-state index in [1.807, 2.05) is 13.8 Å². The van der Waals surface area contributed by atoms with Crippen LogP contribution in [0.2, 0.25) is 0 Å². The summed E-state index contributed by atoms with van der Waals surface area (Å²) in [6.45, 7) is 3.91. The van der Waals surface area contributed by atoms with Gasteiger partial charge in [0.15, 0.2) is 0 Å². The number of hydrogen-bond donors (Lipinski definition) is 3. The molecule has 1 heterocycles. The molecular formula is C9H19NO3. The lowest BCUT2D eigenvalue weighted by atomic mass is 9.89. The first-order valence-corrected chi connectivity index (χ1v) is 4.80. The van der Waals surface area contributed by atoms with Crippen LogP contribution in [-0.4, -0.2) is 41.8 Å². The largest absolute Gasteiger partial charge is 0.390 e. The lowest BCUT2D eigenvalue weighted by molar-refractivity contribution is -0.203. The summed E-state index contributed by atoms with van der Waals surface area (Å²) in [4.78, 5) is 0. The molecule has 0 radical (unpaired) electrons. The van der Waals surface area contributed by atoms with Crippen LogP contribution in [0.25, 0.3) is 0 Å². The van der Waals surface area contributed by atoms with Crippen molar-refractivity contribution in [1.29, 1.82) is 0 Å². The van der Waals surface area contributed by atoms with E-state index in [2.05, 4.69) is 5.32 Å². The summed E-state index contributed by atoms with van der Waals surface area (Å²) in [5, 5.41) is 22.1. The van der Waals surface area contributed by atoms with Gasteiger partial charge in [-0.3, -0.25) is 5.32 Å². The van der Waals surface area contributed by atoms with E-state index in [4.69, 9.17) is 4.74 Å². The van der Waals surface area contributed by atoms with Gasteiger partial charge in [-0.25, -0.2) is 0 Å². The van der Waals surface area contributed by atoms with Gasteiger partial charge in [0.05, 0.1) is 12.2 Å². The highest BCUT2D eigenvalue weighted by molar-refractivity contribution is 4.87. The Hall–Kier alpha value is -0.160. The van der Waals surface area contributed by atoms with Crippen LogP contribution in [0.4, 0.5) is 0 Å². The first-order valence-electron chi connectivity index (χ1n) is 4.80. The second-order valence-corrected chi connectivity index (χ2v) is 3.63. The fourth-order valence-electron chi connectivity index (χ4n) is 1.81. The maximum Gasteiger partial charge on any atom is 0.137 e. The molecule has 4 nitrogen and oxygen atoms in total. The Labute approximate surface area is 78.9 Å². The van der Waals surface area contributed by atoms with Gasteiger partial charge in [0.25, 0.3) is 0 Å². The van der Waals surface area contributed by atoms with Gasteiger partial charge >= 0.3 is 0 Å². The van der Waals surface area contributed by atoms with Gasteiger partial charge in [-0.1, -0.05) is 13.8 Å². The molecule has 1 rings (SSSR count). The third-order valence-corrected chi connectivity index (χ3v) is 2.79. The Balaban J connectivity index is 2.66. The van der Waals surface area contributed by atoms with E-state index in [1.54, 1.807) is 7.05 Å². The van der Waals surface area contributed by atoms with Crippen LogP contribution >= 0.6 is 0 Å². The molecule has 5 atom stereocenters. The SMILES string of the molecule is CCC1OC(NC)C(O)C(O)C1C. The molecule has 0 saturated carbocycles. The van der Waals surface area contributed by atoms with Gasteiger partial charge in [-0.15, -0.1) is 0 Å². The molecule has 0 aromatic rings. The minimum absolute atomic E-state index is 0.00963. The molecule has 1 saturated heterocycles. The molecule has 4 heteroatoms. The standard InChI is InChI=1S/C9H19NO3/c1-4-6-5(2)7(11)8(12)9(10-3)13-6/h5-12H,4H2,1-3H3. The summed E-state index contributed by atoms with van der Waals surface area (Å²) < 4.78 is 5.56. The molecule has 0 spiro atoms. The van der Waals surface area contributed by atoms with Gasteiger partial charge in [0.2, 0.25) is 0 Å². The molecule has 3 N–H and O–H groups in total. The molecule has 5 unspecified atom stereocenters. The normalized spacial score (nSPS) is 46.4. The number of aliphatic hydroxyl groups is 2. The summed E-state index contributed by atoms with van der Waals surface area (Å²) >= 11 is 0. The Kier molecular flexibility index (Phi) is 3.67. The van der Waals surface area contributed by atoms with E-state index in [9.17, 15) is 10.2 Å². The van der Waals surface area contributed by atoms with E-state index in [1.165, 1.54) is 0 Å². The van der Waals surface area contributed by atoms with Crippen LogP contribution in [0.5, 0.6) is 0 Å². The van der Waals surface area contributed by atoms with Crippen molar-refractivity contribution in [3.05, 3.63) is 0 Å². The minimum Gasteiger partial charge on any atom is -0.390 e. The number of rotatable bonds is 2. The third kappa shape index (κ3) is 2.02. The lowest BCUT2D eigenvalue weighted by Crippen LogP contribution is -2.57. The van der Waals surface area contributed by atoms with E-state index >= 15 is 0 Å². The highest BCUT2D eigenvalue weighted by Crippen LogP contribution is 2.26. The first kappa shape index (κ1) is 10.9. The van der Waals surface area contributed by atoms with Gasteiger partial charge in [0, 0.05) is 5.92 Å². The predicted molar refractivity (Wildman–Crippen MR) is 49.2 cm³/mol.